The summed E-state index contributed by atoms with van der Waals surface area (Å²) in [6.45, 7) is 8.90. The Hall–Kier alpha value is -2.83. The fourth-order valence-electron chi connectivity index (χ4n) is 6.30. The fraction of sp³-hybridized carbons (Fsp3) is 0.342. The van der Waals surface area contributed by atoms with Gasteiger partial charge in [0.15, 0.2) is 5.79 Å². The van der Waals surface area contributed by atoms with E-state index in [1.807, 2.05) is 12.1 Å². The molecule has 1 aliphatic carbocycles. The van der Waals surface area contributed by atoms with Crippen LogP contribution in [0.15, 0.2) is 119 Å². The summed E-state index contributed by atoms with van der Waals surface area (Å²) in [6.07, 6.45) is 0.207. The molecule has 4 atom stereocenters. The van der Waals surface area contributed by atoms with Gasteiger partial charge < -0.3 is 9.47 Å². The van der Waals surface area contributed by atoms with E-state index < -0.39 is 5.79 Å². The number of Topliss-reactive ketones (excluding diaryl/α,β-unsaturated/α-hetero) is 1. The van der Waals surface area contributed by atoms with Crippen molar-refractivity contribution in [2.45, 2.75) is 90.7 Å². The van der Waals surface area contributed by atoms with E-state index in [-0.39, 0.29) is 28.5 Å². The van der Waals surface area contributed by atoms with E-state index >= 15 is 0 Å². The van der Waals surface area contributed by atoms with Crippen LogP contribution in [-0.2, 0) is 14.3 Å². The predicted molar refractivity (Wildman–Crippen MR) is 178 cm³/mol. The van der Waals surface area contributed by atoms with Crippen molar-refractivity contribution in [2.24, 2.45) is 0 Å². The molecule has 5 heteroatoms. The van der Waals surface area contributed by atoms with Crippen LogP contribution in [0.1, 0.15) is 86.8 Å². The maximum atomic E-state index is 13.6. The minimum atomic E-state index is -0.988. The predicted octanol–water partition coefficient (Wildman–Crippen LogP) is 10.1. The van der Waals surface area contributed by atoms with E-state index in [1.54, 1.807) is 23.5 Å². The second-order valence-electron chi connectivity index (χ2n) is 12.2. The molecular formula is C38H40O3S2. The number of carbonyl (C=O) groups excluding carboxylic acids is 1. The van der Waals surface area contributed by atoms with Crippen LogP contribution in [0, 0.1) is 0 Å². The number of rotatable bonds is 8. The van der Waals surface area contributed by atoms with Crippen molar-refractivity contribution < 1.29 is 14.3 Å². The lowest BCUT2D eigenvalue weighted by Gasteiger charge is -2.44. The van der Waals surface area contributed by atoms with Gasteiger partial charge in [0.25, 0.3) is 0 Å². The van der Waals surface area contributed by atoms with Gasteiger partial charge in [-0.2, -0.15) is 0 Å². The zero-order valence-corrected chi connectivity index (χ0v) is 26.9. The molecule has 2 fully saturated rings. The van der Waals surface area contributed by atoms with E-state index in [0.717, 1.165) is 11.1 Å². The van der Waals surface area contributed by atoms with E-state index in [9.17, 15) is 4.79 Å². The first-order valence-electron chi connectivity index (χ1n) is 15.3. The molecule has 4 aromatic rings. The smallest absolute Gasteiger partial charge is 0.195 e. The Labute approximate surface area is 264 Å². The highest BCUT2D eigenvalue weighted by molar-refractivity contribution is 8.01. The summed E-state index contributed by atoms with van der Waals surface area (Å²) in [5.41, 5.74) is 4.74. The molecule has 1 heterocycles. The monoisotopic (exact) mass is 608 g/mol. The van der Waals surface area contributed by atoms with Crippen LogP contribution in [0.3, 0.4) is 0 Å². The summed E-state index contributed by atoms with van der Waals surface area (Å²) in [6, 6.07) is 38.0. The van der Waals surface area contributed by atoms with Crippen molar-refractivity contribution >= 4 is 29.3 Å². The second kappa shape index (κ2) is 13.0. The molecule has 2 aliphatic rings. The normalized spacial score (nSPS) is 23.3. The first-order chi connectivity index (χ1) is 20.9. The lowest BCUT2D eigenvalue weighted by Crippen LogP contribution is -2.55. The third-order valence-corrected chi connectivity index (χ3v) is 11.3. The number of ketones is 1. The molecule has 2 unspecified atom stereocenters. The number of thioether (sulfide) groups is 2. The highest BCUT2D eigenvalue weighted by Crippen LogP contribution is 2.58. The highest BCUT2D eigenvalue weighted by atomic mass is 32.2. The number of benzene rings is 4. The van der Waals surface area contributed by atoms with Crippen molar-refractivity contribution in [3.05, 3.63) is 131 Å². The molecule has 1 spiro atoms. The summed E-state index contributed by atoms with van der Waals surface area (Å²) in [5.74, 6) is -0.00204. The molecule has 0 bridgehead atoms. The number of hydrogen-bond donors (Lipinski definition) is 0. The first kappa shape index (κ1) is 30.2. The van der Waals surface area contributed by atoms with Crippen LogP contribution < -0.4 is 0 Å². The SMILES string of the molecule is CC(C)c1ccccc1SC1CC(=O)CC(Sc2ccccc2C(C)C)C12O[C@H](c1ccccc1)[C@@H](c1ccccc1)O2. The largest absolute Gasteiger partial charge is 0.337 e. The van der Waals surface area contributed by atoms with Gasteiger partial charge in [-0.25, -0.2) is 0 Å². The van der Waals surface area contributed by atoms with Gasteiger partial charge in [-0.15, -0.1) is 23.5 Å². The van der Waals surface area contributed by atoms with E-state index in [4.69, 9.17) is 9.47 Å². The standard InChI is InChI=1S/C38H40O3S2/c1-25(2)30-19-11-13-21-32(30)42-34-23-29(39)24-35(43-33-22-14-12-20-31(33)26(3)4)38(34)40-36(27-15-7-5-8-16-27)37(41-38)28-17-9-6-10-18-28/h5-22,25-26,34-37H,23-24H2,1-4H3/t34?,35?,36-,37-/m1/s1. The summed E-state index contributed by atoms with van der Waals surface area (Å²) in [5, 5.41) is -0.422. The van der Waals surface area contributed by atoms with Gasteiger partial charge in [-0.1, -0.05) is 125 Å². The van der Waals surface area contributed by atoms with Gasteiger partial charge in [-0.05, 0) is 46.2 Å². The summed E-state index contributed by atoms with van der Waals surface area (Å²) in [7, 11) is 0. The Balaban J connectivity index is 1.48. The van der Waals surface area contributed by atoms with Crippen molar-refractivity contribution in [1.82, 2.24) is 0 Å². The van der Waals surface area contributed by atoms with Crippen molar-refractivity contribution in [3.63, 3.8) is 0 Å². The summed E-state index contributed by atoms with van der Waals surface area (Å²) in [4.78, 5) is 16.0. The van der Waals surface area contributed by atoms with Crippen molar-refractivity contribution in [2.75, 3.05) is 0 Å². The Morgan fingerprint density at radius 1 is 0.581 bits per heavy atom. The summed E-state index contributed by atoms with van der Waals surface area (Å²) >= 11 is 3.51. The average Bonchev–Trinajstić information content (AvgIpc) is 3.43. The van der Waals surface area contributed by atoms with Crippen LogP contribution in [0.4, 0.5) is 0 Å². The van der Waals surface area contributed by atoms with Crippen LogP contribution >= 0.6 is 23.5 Å². The van der Waals surface area contributed by atoms with Gasteiger partial charge in [0.1, 0.15) is 18.0 Å². The second-order valence-corrected chi connectivity index (χ2v) is 14.7. The first-order valence-corrected chi connectivity index (χ1v) is 17.1. The molecular weight excluding hydrogens is 569 g/mol. The van der Waals surface area contributed by atoms with Gasteiger partial charge in [0, 0.05) is 22.6 Å². The van der Waals surface area contributed by atoms with E-state index in [0.29, 0.717) is 24.7 Å². The van der Waals surface area contributed by atoms with E-state index in [1.165, 1.54) is 20.9 Å². The maximum absolute atomic E-state index is 13.6. The van der Waals surface area contributed by atoms with Crippen molar-refractivity contribution in [1.29, 1.82) is 0 Å². The van der Waals surface area contributed by atoms with Crippen LogP contribution in [0.2, 0.25) is 0 Å². The van der Waals surface area contributed by atoms with Gasteiger partial charge in [0.2, 0.25) is 0 Å². The molecule has 6 rings (SSSR count). The Morgan fingerprint density at radius 3 is 1.35 bits per heavy atom. The van der Waals surface area contributed by atoms with Crippen LogP contribution in [-0.4, -0.2) is 22.1 Å². The lowest BCUT2D eigenvalue weighted by molar-refractivity contribution is -0.187. The Morgan fingerprint density at radius 2 is 0.953 bits per heavy atom. The van der Waals surface area contributed by atoms with E-state index in [2.05, 4.69) is 125 Å². The van der Waals surface area contributed by atoms with Crippen LogP contribution in [0.5, 0.6) is 0 Å². The van der Waals surface area contributed by atoms with Crippen LogP contribution in [0.25, 0.3) is 0 Å². The number of carbonyl (C=O) groups is 1. The minimum Gasteiger partial charge on any atom is -0.337 e. The maximum Gasteiger partial charge on any atom is 0.195 e. The molecule has 0 radical (unpaired) electrons. The molecule has 4 aromatic carbocycles. The van der Waals surface area contributed by atoms with Crippen molar-refractivity contribution in [3.8, 4) is 0 Å². The van der Waals surface area contributed by atoms with Gasteiger partial charge >= 0.3 is 0 Å². The molecule has 3 nitrogen and oxygen atoms in total. The minimum absolute atomic E-state index is 0.211. The molecule has 0 aromatic heterocycles. The molecule has 0 amide bonds. The molecule has 1 saturated carbocycles. The topological polar surface area (TPSA) is 35.5 Å². The lowest BCUT2D eigenvalue weighted by atomic mass is 9.91. The quantitative estimate of drug-likeness (QED) is 0.199. The Kier molecular flexibility index (Phi) is 9.16. The van der Waals surface area contributed by atoms with Gasteiger partial charge in [-0.3, -0.25) is 4.79 Å². The van der Waals surface area contributed by atoms with Gasteiger partial charge in [0.05, 0.1) is 10.5 Å². The number of hydrogen-bond acceptors (Lipinski definition) is 5. The highest BCUT2D eigenvalue weighted by Gasteiger charge is 2.61. The zero-order chi connectivity index (χ0) is 30.0. The number of ether oxygens (including phenoxy) is 2. The molecule has 43 heavy (non-hydrogen) atoms. The summed E-state index contributed by atoms with van der Waals surface area (Å²) < 4.78 is 14.7. The molecule has 222 valence electrons. The molecule has 1 aliphatic heterocycles. The average molecular weight is 609 g/mol. The molecule has 1 saturated heterocycles. The molecule has 0 N–H and O–H groups in total. The third-order valence-electron chi connectivity index (χ3n) is 8.50. The third kappa shape index (κ3) is 6.23. The zero-order valence-electron chi connectivity index (χ0n) is 25.3. The fourth-order valence-corrected chi connectivity index (χ4v) is 9.61. The Bertz CT molecular complexity index is 1420.